The first-order chi connectivity index (χ1) is 9.54. The predicted molar refractivity (Wildman–Crippen MR) is 78.4 cm³/mol. The fourth-order valence-electron chi connectivity index (χ4n) is 5.20. The molecule has 4 saturated carbocycles. The Hall–Kier alpha value is -1.39. The number of nitrogens with zero attached hydrogens (tertiary/aromatic N) is 4. The summed E-state index contributed by atoms with van der Waals surface area (Å²) < 4.78 is 0. The highest BCUT2D eigenvalue weighted by Crippen LogP contribution is 2.60. The third-order valence-corrected chi connectivity index (χ3v) is 5.55. The van der Waals surface area contributed by atoms with Crippen molar-refractivity contribution < 1.29 is 0 Å². The smallest absolute Gasteiger partial charge is 0.229 e. The van der Waals surface area contributed by atoms with Gasteiger partial charge in [-0.3, -0.25) is 0 Å². The molecule has 4 aliphatic carbocycles. The van der Waals surface area contributed by atoms with Crippen LogP contribution < -0.4 is 10.6 Å². The van der Waals surface area contributed by atoms with Crippen LogP contribution in [0.1, 0.15) is 44.3 Å². The zero-order valence-corrected chi connectivity index (χ0v) is 12.3. The molecular formula is C15H23N5. The van der Waals surface area contributed by atoms with Crippen LogP contribution in [0, 0.1) is 17.8 Å². The van der Waals surface area contributed by atoms with E-state index >= 15 is 0 Å². The Morgan fingerprint density at radius 2 is 1.50 bits per heavy atom. The molecule has 1 aromatic rings. The molecule has 5 rings (SSSR count). The van der Waals surface area contributed by atoms with Crippen molar-refractivity contribution >= 4 is 11.9 Å². The van der Waals surface area contributed by atoms with E-state index in [0.717, 1.165) is 23.6 Å². The normalized spacial score (nSPS) is 38.2. The van der Waals surface area contributed by atoms with Crippen molar-refractivity contribution in [2.75, 3.05) is 24.7 Å². The second kappa shape index (κ2) is 4.06. The molecule has 5 heteroatoms. The molecule has 0 spiro atoms. The average molecular weight is 273 g/mol. The molecule has 20 heavy (non-hydrogen) atoms. The topological polar surface area (TPSA) is 67.9 Å². The molecule has 4 bridgehead atoms. The number of rotatable bonds is 2. The van der Waals surface area contributed by atoms with Gasteiger partial charge in [0.2, 0.25) is 11.9 Å². The Labute approximate surface area is 120 Å². The molecule has 0 radical (unpaired) electrons. The summed E-state index contributed by atoms with van der Waals surface area (Å²) in [4.78, 5) is 15.4. The van der Waals surface area contributed by atoms with Crippen molar-refractivity contribution in [3.63, 3.8) is 0 Å². The van der Waals surface area contributed by atoms with Crippen molar-refractivity contribution in [3.8, 4) is 0 Å². The van der Waals surface area contributed by atoms with Gasteiger partial charge in [0.15, 0.2) is 0 Å². The van der Waals surface area contributed by atoms with Crippen molar-refractivity contribution in [1.82, 2.24) is 15.0 Å². The quantitative estimate of drug-likeness (QED) is 0.892. The van der Waals surface area contributed by atoms with Gasteiger partial charge in [0.1, 0.15) is 5.82 Å². The molecule has 4 aliphatic rings. The van der Waals surface area contributed by atoms with E-state index in [4.69, 9.17) is 10.7 Å². The van der Waals surface area contributed by atoms with Gasteiger partial charge in [0, 0.05) is 19.5 Å². The molecule has 0 atom stereocenters. The van der Waals surface area contributed by atoms with Crippen LogP contribution in [0.25, 0.3) is 0 Å². The van der Waals surface area contributed by atoms with E-state index in [9.17, 15) is 0 Å². The van der Waals surface area contributed by atoms with Crippen molar-refractivity contribution in [1.29, 1.82) is 0 Å². The van der Waals surface area contributed by atoms with E-state index in [1.54, 1.807) is 0 Å². The molecule has 108 valence electrons. The Morgan fingerprint density at radius 3 is 2.00 bits per heavy atom. The van der Waals surface area contributed by atoms with Crippen molar-refractivity contribution in [2.45, 2.75) is 43.9 Å². The van der Waals surface area contributed by atoms with Crippen LogP contribution >= 0.6 is 0 Å². The minimum absolute atomic E-state index is 0.191. The van der Waals surface area contributed by atoms with E-state index in [-0.39, 0.29) is 5.41 Å². The van der Waals surface area contributed by atoms with E-state index in [2.05, 4.69) is 9.97 Å². The lowest BCUT2D eigenvalue weighted by Gasteiger charge is -2.55. The van der Waals surface area contributed by atoms with Gasteiger partial charge in [-0.15, -0.1) is 0 Å². The average Bonchev–Trinajstić information content (AvgIpc) is 2.36. The SMILES string of the molecule is CN(C)c1nc(N)nc(C23CC4CC(CC(C4)C2)C3)n1. The van der Waals surface area contributed by atoms with Crippen LogP contribution in [0.4, 0.5) is 11.9 Å². The van der Waals surface area contributed by atoms with Gasteiger partial charge in [-0.1, -0.05) is 0 Å². The van der Waals surface area contributed by atoms with Crippen molar-refractivity contribution in [3.05, 3.63) is 5.82 Å². The maximum Gasteiger partial charge on any atom is 0.229 e. The molecule has 0 aromatic carbocycles. The standard InChI is InChI=1S/C15H23N5/c1-20(2)14-18-12(17-13(16)19-14)15-6-9-3-10(7-15)5-11(4-9)8-15/h9-11H,3-8H2,1-2H3,(H2,16,17,18,19). The Kier molecular flexibility index (Phi) is 2.51. The largest absolute Gasteiger partial charge is 0.368 e. The second-order valence-electron chi connectivity index (χ2n) is 7.41. The highest BCUT2D eigenvalue weighted by Gasteiger charge is 2.53. The first-order valence-corrected chi connectivity index (χ1v) is 7.73. The summed E-state index contributed by atoms with van der Waals surface area (Å²) >= 11 is 0. The second-order valence-corrected chi connectivity index (χ2v) is 7.41. The summed E-state index contributed by atoms with van der Waals surface area (Å²) in [5.74, 6) is 4.71. The molecule has 1 aromatic heterocycles. The van der Waals surface area contributed by atoms with Crippen LogP contribution in [0.3, 0.4) is 0 Å². The predicted octanol–water partition coefficient (Wildman–Crippen LogP) is 1.99. The zero-order valence-electron chi connectivity index (χ0n) is 12.3. The van der Waals surface area contributed by atoms with Crippen LogP contribution in [0.5, 0.6) is 0 Å². The van der Waals surface area contributed by atoms with Gasteiger partial charge in [-0.25, -0.2) is 0 Å². The van der Waals surface area contributed by atoms with Gasteiger partial charge in [0.05, 0.1) is 0 Å². The molecule has 0 saturated heterocycles. The van der Waals surface area contributed by atoms with E-state index in [1.807, 2.05) is 19.0 Å². The maximum absolute atomic E-state index is 5.93. The Bertz CT molecular complexity index is 504. The Balaban J connectivity index is 1.77. The number of hydrogen-bond acceptors (Lipinski definition) is 5. The summed E-state index contributed by atoms with van der Waals surface area (Å²) in [6.45, 7) is 0. The molecule has 5 nitrogen and oxygen atoms in total. The van der Waals surface area contributed by atoms with Gasteiger partial charge in [-0.05, 0) is 56.3 Å². The first-order valence-electron chi connectivity index (χ1n) is 7.73. The monoisotopic (exact) mass is 273 g/mol. The van der Waals surface area contributed by atoms with Crippen LogP contribution in [-0.4, -0.2) is 29.0 Å². The number of nitrogens with two attached hydrogens (primary N) is 1. The van der Waals surface area contributed by atoms with Gasteiger partial charge >= 0.3 is 0 Å². The summed E-state index contributed by atoms with van der Waals surface area (Å²) in [6.07, 6.45) is 8.07. The van der Waals surface area contributed by atoms with Gasteiger partial charge < -0.3 is 10.6 Å². The Morgan fingerprint density at radius 1 is 0.950 bits per heavy atom. The van der Waals surface area contributed by atoms with Gasteiger partial charge in [-0.2, -0.15) is 15.0 Å². The number of aromatic nitrogens is 3. The molecular weight excluding hydrogens is 250 g/mol. The van der Waals surface area contributed by atoms with Crippen molar-refractivity contribution in [2.24, 2.45) is 17.8 Å². The molecule has 1 heterocycles. The first kappa shape index (κ1) is 12.4. The van der Waals surface area contributed by atoms with Crippen LogP contribution in [0.2, 0.25) is 0 Å². The third-order valence-electron chi connectivity index (χ3n) is 5.55. The summed E-state index contributed by atoms with van der Waals surface area (Å²) in [5.41, 5.74) is 6.12. The zero-order chi connectivity index (χ0) is 13.9. The summed E-state index contributed by atoms with van der Waals surface area (Å²) in [6, 6.07) is 0. The molecule has 0 amide bonds. The third kappa shape index (κ3) is 1.79. The highest BCUT2D eigenvalue weighted by atomic mass is 15.3. The number of anilines is 2. The van der Waals surface area contributed by atoms with E-state index in [1.165, 1.54) is 38.5 Å². The van der Waals surface area contributed by atoms with Crippen LogP contribution in [0.15, 0.2) is 0 Å². The maximum atomic E-state index is 5.93. The highest BCUT2D eigenvalue weighted by molar-refractivity contribution is 5.35. The lowest BCUT2D eigenvalue weighted by molar-refractivity contribution is -0.00936. The number of hydrogen-bond donors (Lipinski definition) is 1. The molecule has 0 unspecified atom stereocenters. The number of nitrogen functional groups attached to an aromatic ring is 1. The van der Waals surface area contributed by atoms with E-state index < -0.39 is 0 Å². The fourth-order valence-corrected chi connectivity index (χ4v) is 5.20. The molecule has 2 N–H and O–H groups in total. The lowest BCUT2D eigenvalue weighted by Crippen LogP contribution is -2.49. The van der Waals surface area contributed by atoms with Crippen LogP contribution in [-0.2, 0) is 5.41 Å². The van der Waals surface area contributed by atoms with E-state index in [0.29, 0.717) is 11.9 Å². The summed E-state index contributed by atoms with van der Waals surface area (Å²) in [5, 5.41) is 0. The molecule has 4 fully saturated rings. The van der Waals surface area contributed by atoms with Gasteiger partial charge in [0.25, 0.3) is 0 Å². The molecule has 0 aliphatic heterocycles. The lowest BCUT2D eigenvalue weighted by atomic mass is 9.49. The summed E-state index contributed by atoms with van der Waals surface area (Å²) in [7, 11) is 3.91. The fraction of sp³-hybridized carbons (Fsp3) is 0.800. The minimum Gasteiger partial charge on any atom is -0.368 e. The minimum atomic E-state index is 0.191.